The van der Waals surface area contributed by atoms with Gasteiger partial charge >= 0.3 is 5.97 Å². The van der Waals surface area contributed by atoms with Gasteiger partial charge in [-0.1, -0.05) is 0 Å². The zero-order valence-corrected chi connectivity index (χ0v) is 13.3. The molecule has 0 aliphatic heterocycles. The molecule has 0 fully saturated rings. The van der Waals surface area contributed by atoms with Crippen LogP contribution in [-0.2, 0) is 6.54 Å². The molecule has 3 aromatic heterocycles. The second-order valence-corrected chi connectivity index (χ2v) is 5.32. The Morgan fingerprint density at radius 3 is 2.88 bits per heavy atom. The number of aromatic nitrogens is 5. The molecule has 0 bridgehead atoms. The summed E-state index contributed by atoms with van der Waals surface area (Å²) in [6.07, 6.45) is 1.63. The molecule has 0 atom stereocenters. The van der Waals surface area contributed by atoms with E-state index < -0.39 is 5.97 Å². The van der Waals surface area contributed by atoms with Gasteiger partial charge in [0.1, 0.15) is 16.9 Å². The fourth-order valence-electron chi connectivity index (χ4n) is 2.27. The van der Waals surface area contributed by atoms with E-state index in [1.165, 1.54) is 4.68 Å². The Kier molecular flexibility index (Phi) is 4.28. The minimum atomic E-state index is -1.24. The van der Waals surface area contributed by atoms with Crippen molar-refractivity contribution in [3.05, 3.63) is 34.9 Å². The number of hydrogen-bond acceptors (Lipinski definition) is 7. The van der Waals surface area contributed by atoms with Crippen LogP contribution in [0.25, 0.3) is 11.0 Å². The molecule has 124 valence electrons. The van der Waals surface area contributed by atoms with Gasteiger partial charge in [-0.3, -0.25) is 4.68 Å². The van der Waals surface area contributed by atoms with Crippen molar-refractivity contribution in [2.75, 3.05) is 11.9 Å². The first-order valence-electron chi connectivity index (χ1n) is 6.97. The molecule has 9 nitrogen and oxygen atoms in total. The quantitative estimate of drug-likeness (QED) is 0.594. The molecule has 0 amide bonds. The Morgan fingerprint density at radius 1 is 1.42 bits per heavy atom. The number of aliphatic hydroxyl groups excluding tert-OH is 1. The SMILES string of the molecule is Cc1ccnc(Nc2nc(Cl)nc3c(C(=O)O)nn(CCO)c23)c1. The maximum atomic E-state index is 11.4. The topological polar surface area (TPSA) is 126 Å². The Hall–Kier alpha value is -2.78. The van der Waals surface area contributed by atoms with E-state index >= 15 is 0 Å². The number of carbonyl (C=O) groups is 1. The number of halogens is 1. The van der Waals surface area contributed by atoms with Crippen LogP contribution in [0.1, 0.15) is 16.1 Å². The highest BCUT2D eigenvalue weighted by atomic mass is 35.5. The molecule has 3 aromatic rings. The minimum absolute atomic E-state index is 0.0880. The molecule has 0 aliphatic rings. The third kappa shape index (κ3) is 2.99. The monoisotopic (exact) mass is 348 g/mol. The van der Waals surface area contributed by atoms with Gasteiger partial charge in [-0.25, -0.2) is 14.8 Å². The number of anilines is 2. The van der Waals surface area contributed by atoms with E-state index in [0.29, 0.717) is 11.3 Å². The summed E-state index contributed by atoms with van der Waals surface area (Å²) >= 11 is 5.92. The smallest absolute Gasteiger partial charge is 0.358 e. The van der Waals surface area contributed by atoms with Gasteiger partial charge in [-0.15, -0.1) is 0 Å². The van der Waals surface area contributed by atoms with Gasteiger partial charge in [0.15, 0.2) is 11.5 Å². The highest BCUT2D eigenvalue weighted by Crippen LogP contribution is 2.27. The largest absolute Gasteiger partial charge is 0.476 e. The summed E-state index contributed by atoms with van der Waals surface area (Å²) in [5, 5.41) is 25.3. The Bertz CT molecular complexity index is 926. The lowest BCUT2D eigenvalue weighted by Gasteiger charge is -2.09. The van der Waals surface area contributed by atoms with Crippen LogP contribution >= 0.6 is 11.6 Å². The maximum absolute atomic E-state index is 11.4. The highest BCUT2D eigenvalue weighted by Gasteiger charge is 2.22. The summed E-state index contributed by atoms with van der Waals surface area (Å²) in [5.74, 6) is -0.470. The van der Waals surface area contributed by atoms with Gasteiger partial charge in [0, 0.05) is 6.20 Å². The van der Waals surface area contributed by atoms with Crippen molar-refractivity contribution in [1.29, 1.82) is 0 Å². The normalized spacial score (nSPS) is 11.0. The van der Waals surface area contributed by atoms with Crippen molar-refractivity contribution in [1.82, 2.24) is 24.7 Å². The second kappa shape index (κ2) is 6.38. The summed E-state index contributed by atoms with van der Waals surface area (Å²) < 4.78 is 1.33. The van der Waals surface area contributed by atoms with E-state index in [1.54, 1.807) is 12.3 Å². The predicted molar refractivity (Wildman–Crippen MR) is 86.6 cm³/mol. The molecule has 0 aromatic carbocycles. The van der Waals surface area contributed by atoms with Crippen LogP contribution in [0, 0.1) is 6.92 Å². The number of carboxylic acids is 1. The summed E-state index contributed by atoms with van der Waals surface area (Å²) in [7, 11) is 0. The third-order valence-electron chi connectivity index (χ3n) is 3.24. The van der Waals surface area contributed by atoms with Crippen molar-refractivity contribution in [2.45, 2.75) is 13.5 Å². The van der Waals surface area contributed by atoms with Gasteiger partial charge in [0.05, 0.1) is 13.2 Å². The number of hydrogen-bond donors (Lipinski definition) is 3. The molecule has 3 rings (SSSR count). The summed E-state index contributed by atoms with van der Waals surface area (Å²) in [6.45, 7) is 1.78. The van der Waals surface area contributed by atoms with Gasteiger partial charge < -0.3 is 15.5 Å². The third-order valence-corrected chi connectivity index (χ3v) is 3.41. The maximum Gasteiger partial charge on any atom is 0.358 e. The van der Waals surface area contributed by atoms with E-state index in [4.69, 9.17) is 11.6 Å². The van der Waals surface area contributed by atoms with Gasteiger partial charge in [-0.2, -0.15) is 10.1 Å². The van der Waals surface area contributed by atoms with Crippen LogP contribution in [0.5, 0.6) is 0 Å². The van der Waals surface area contributed by atoms with Gasteiger partial charge in [-0.05, 0) is 36.2 Å². The van der Waals surface area contributed by atoms with Gasteiger partial charge in [0.25, 0.3) is 0 Å². The second-order valence-electron chi connectivity index (χ2n) is 4.98. The van der Waals surface area contributed by atoms with E-state index in [1.807, 2.05) is 13.0 Å². The number of rotatable bonds is 5. The zero-order chi connectivity index (χ0) is 17.3. The highest BCUT2D eigenvalue weighted by molar-refractivity contribution is 6.29. The summed E-state index contributed by atoms with van der Waals surface area (Å²) in [5.41, 5.74) is 1.14. The first-order chi connectivity index (χ1) is 11.5. The van der Waals surface area contributed by atoms with Crippen molar-refractivity contribution in [2.24, 2.45) is 0 Å². The minimum Gasteiger partial charge on any atom is -0.476 e. The van der Waals surface area contributed by atoms with Crippen LogP contribution in [0.2, 0.25) is 5.28 Å². The predicted octanol–water partition coefficient (Wildman–Crippen LogP) is 1.62. The molecule has 24 heavy (non-hydrogen) atoms. The molecular weight excluding hydrogens is 336 g/mol. The molecule has 3 heterocycles. The van der Waals surface area contributed by atoms with E-state index in [-0.39, 0.29) is 35.5 Å². The van der Waals surface area contributed by atoms with Gasteiger partial charge in [0.2, 0.25) is 5.28 Å². The summed E-state index contributed by atoms with van der Waals surface area (Å²) in [6, 6.07) is 3.64. The van der Waals surface area contributed by atoms with Crippen LogP contribution < -0.4 is 5.32 Å². The van der Waals surface area contributed by atoms with Crippen molar-refractivity contribution in [3.63, 3.8) is 0 Å². The average Bonchev–Trinajstić information content (AvgIpc) is 2.86. The van der Waals surface area contributed by atoms with Crippen molar-refractivity contribution in [3.8, 4) is 0 Å². The number of carboxylic acid groups (broad SMARTS) is 1. The molecule has 10 heteroatoms. The molecular formula is C14H13ClN6O3. The number of pyridine rings is 1. The van der Waals surface area contributed by atoms with Crippen molar-refractivity contribution < 1.29 is 15.0 Å². The van der Waals surface area contributed by atoms with Crippen molar-refractivity contribution >= 4 is 40.2 Å². The molecule has 0 radical (unpaired) electrons. The van der Waals surface area contributed by atoms with Crippen LogP contribution in [0.3, 0.4) is 0 Å². The molecule has 0 saturated carbocycles. The van der Waals surface area contributed by atoms with Crippen LogP contribution in [-0.4, -0.2) is 47.5 Å². The molecule has 0 saturated heterocycles. The first kappa shape index (κ1) is 16.1. The Balaban J connectivity index is 2.20. The standard InChI is InChI=1S/C14H13ClN6O3/c1-7-2-3-16-8(6-7)17-12-11-9(18-14(15)19-12)10(13(23)24)20-21(11)4-5-22/h2-3,6,22H,4-5H2,1H3,(H,23,24)(H,16,17,18,19). The zero-order valence-electron chi connectivity index (χ0n) is 12.6. The molecule has 3 N–H and O–H groups in total. The molecule has 0 aliphatic carbocycles. The number of fused-ring (bicyclic) bond motifs is 1. The fourth-order valence-corrected chi connectivity index (χ4v) is 2.44. The number of nitrogens with one attached hydrogen (secondary N) is 1. The number of aryl methyl sites for hydroxylation is 1. The molecule has 0 spiro atoms. The number of aliphatic hydroxyl groups is 1. The number of nitrogens with zero attached hydrogens (tertiary/aromatic N) is 5. The number of aromatic carboxylic acids is 1. The molecule has 0 unspecified atom stereocenters. The van der Waals surface area contributed by atoms with E-state index in [2.05, 4.69) is 25.4 Å². The lowest BCUT2D eigenvalue weighted by Crippen LogP contribution is -2.07. The van der Waals surface area contributed by atoms with Crippen LogP contribution in [0.4, 0.5) is 11.6 Å². The summed E-state index contributed by atoms with van der Waals surface area (Å²) in [4.78, 5) is 23.6. The van der Waals surface area contributed by atoms with Crippen LogP contribution in [0.15, 0.2) is 18.3 Å². The average molecular weight is 349 g/mol. The Morgan fingerprint density at radius 2 is 2.21 bits per heavy atom. The first-order valence-corrected chi connectivity index (χ1v) is 7.35. The van der Waals surface area contributed by atoms with E-state index in [9.17, 15) is 15.0 Å². The lowest BCUT2D eigenvalue weighted by atomic mass is 10.3. The lowest BCUT2D eigenvalue weighted by molar-refractivity contribution is 0.0691. The van der Waals surface area contributed by atoms with E-state index in [0.717, 1.165) is 5.56 Å². The Labute approximate surface area is 140 Å². The fraction of sp³-hybridized carbons (Fsp3) is 0.214.